The fraction of sp³-hybridized carbons (Fsp3) is 0.500. The van der Waals surface area contributed by atoms with Crippen LogP contribution in [-0.2, 0) is 19.5 Å². The summed E-state index contributed by atoms with van der Waals surface area (Å²) in [7, 11) is -2.12. The Morgan fingerprint density at radius 1 is 1.22 bits per heavy atom. The van der Waals surface area contributed by atoms with E-state index in [0.29, 0.717) is 32.3 Å². The van der Waals surface area contributed by atoms with Gasteiger partial charge in [0.25, 0.3) is 0 Å². The number of pyridine rings is 1. The van der Waals surface area contributed by atoms with Crippen molar-refractivity contribution in [3.05, 3.63) is 18.3 Å². The third-order valence-electron chi connectivity index (χ3n) is 1.95. The van der Waals surface area contributed by atoms with E-state index >= 15 is 0 Å². The fourth-order valence-electron chi connectivity index (χ4n) is 1.07. The second-order valence-electron chi connectivity index (χ2n) is 3.33. The van der Waals surface area contributed by atoms with Gasteiger partial charge in [0.1, 0.15) is 11.5 Å². The van der Waals surface area contributed by atoms with E-state index in [1.54, 1.807) is 7.11 Å². The van der Waals surface area contributed by atoms with Crippen LogP contribution in [0.15, 0.2) is 23.2 Å². The Kier molecular flexibility index (Phi) is 5.99. The van der Waals surface area contributed by atoms with Gasteiger partial charge in [-0.15, -0.1) is 0 Å². The molecule has 0 aliphatic heterocycles. The Labute approximate surface area is 106 Å². The van der Waals surface area contributed by atoms with Crippen molar-refractivity contribution in [3.63, 3.8) is 0 Å². The number of nitrogens with two attached hydrogens (primary N) is 1. The van der Waals surface area contributed by atoms with Gasteiger partial charge < -0.3 is 14.2 Å². The number of hydrogen-bond donors (Lipinski definition) is 1. The predicted molar refractivity (Wildman–Crippen MR) is 63.8 cm³/mol. The van der Waals surface area contributed by atoms with Crippen molar-refractivity contribution < 1.29 is 22.6 Å². The lowest BCUT2D eigenvalue weighted by atomic mass is 10.5. The summed E-state index contributed by atoms with van der Waals surface area (Å²) in [5, 5.41) is 4.93. The number of methoxy groups -OCH3 is 1. The van der Waals surface area contributed by atoms with Crippen molar-refractivity contribution in [2.45, 2.75) is 4.90 Å². The largest absolute Gasteiger partial charge is 0.475 e. The van der Waals surface area contributed by atoms with Crippen molar-refractivity contribution in [2.75, 3.05) is 33.5 Å². The maximum Gasteiger partial charge on any atom is 0.239 e. The quantitative estimate of drug-likeness (QED) is 0.658. The first-order valence-electron chi connectivity index (χ1n) is 5.22. The number of primary sulfonamides is 1. The summed E-state index contributed by atoms with van der Waals surface area (Å²) in [6.45, 7) is 1.76. The van der Waals surface area contributed by atoms with Gasteiger partial charge in [-0.25, -0.2) is 18.5 Å². The van der Waals surface area contributed by atoms with Crippen LogP contribution >= 0.6 is 0 Å². The van der Waals surface area contributed by atoms with Crippen LogP contribution in [0.4, 0.5) is 0 Å². The van der Waals surface area contributed by atoms with E-state index in [1.165, 1.54) is 12.1 Å². The van der Waals surface area contributed by atoms with Crippen molar-refractivity contribution in [3.8, 4) is 5.88 Å². The molecule has 2 N–H and O–H groups in total. The van der Waals surface area contributed by atoms with Crippen molar-refractivity contribution in [1.29, 1.82) is 0 Å². The Hall–Kier alpha value is -1.22. The molecular weight excluding hydrogens is 260 g/mol. The van der Waals surface area contributed by atoms with Crippen molar-refractivity contribution >= 4 is 10.0 Å². The van der Waals surface area contributed by atoms with Gasteiger partial charge in [-0.1, -0.05) is 0 Å². The number of hydrogen-bond acceptors (Lipinski definition) is 6. The molecule has 1 aromatic rings. The highest BCUT2D eigenvalue weighted by Crippen LogP contribution is 2.10. The first-order valence-corrected chi connectivity index (χ1v) is 6.77. The van der Waals surface area contributed by atoms with E-state index in [0.717, 1.165) is 6.20 Å². The summed E-state index contributed by atoms with van der Waals surface area (Å²) < 4.78 is 37.2. The summed E-state index contributed by atoms with van der Waals surface area (Å²) in [6, 6.07) is 2.78. The van der Waals surface area contributed by atoms with E-state index in [9.17, 15) is 8.42 Å². The average Bonchev–Trinajstić information content (AvgIpc) is 2.33. The monoisotopic (exact) mass is 276 g/mol. The minimum Gasteiger partial charge on any atom is -0.475 e. The van der Waals surface area contributed by atoms with E-state index in [-0.39, 0.29) is 4.90 Å². The fourth-order valence-corrected chi connectivity index (χ4v) is 1.53. The molecule has 0 amide bonds. The molecule has 0 aliphatic carbocycles. The summed E-state index contributed by atoms with van der Waals surface area (Å²) >= 11 is 0. The van der Waals surface area contributed by atoms with Crippen LogP contribution in [0.5, 0.6) is 5.88 Å². The third kappa shape index (κ3) is 5.41. The summed E-state index contributed by atoms with van der Waals surface area (Å²) in [4.78, 5) is 3.77. The van der Waals surface area contributed by atoms with Crippen LogP contribution in [0, 0.1) is 0 Å². The summed E-state index contributed by atoms with van der Waals surface area (Å²) in [6.07, 6.45) is 1.15. The van der Waals surface area contributed by atoms with Crippen molar-refractivity contribution in [1.82, 2.24) is 4.98 Å². The first kappa shape index (κ1) is 14.8. The second kappa shape index (κ2) is 7.27. The minimum atomic E-state index is -3.71. The molecule has 0 fully saturated rings. The van der Waals surface area contributed by atoms with Crippen LogP contribution in [0.2, 0.25) is 0 Å². The molecule has 0 unspecified atom stereocenters. The predicted octanol–water partition coefficient (Wildman–Crippen LogP) is -0.229. The van der Waals surface area contributed by atoms with Crippen LogP contribution in [-0.4, -0.2) is 46.9 Å². The van der Waals surface area contributed by atoms with Gasteiger partial charge in [-0.3, -0.25) is 0 Å². The van der Waals surface area contributed by atoms with E-state index in [1.807, 2.05) is 0 Å². The van der Waals surface area contributed by atoms with Crippen LogP contribution in [0.3, 0.4) is 0 Å². The molecule has 7 nitrogen and oxygen atoms in total. The molecule has 0 spiro atoms. The summed E-state index contributed by atoms with van der Waals surface area (Å²) in [5.74, 6) is 0.317. The highest BCUT2D eigenvalue weighted by molar-refractivity contribution is 7.89. The minimum absolute atomic E-state index is 0.0498. The van der Waals surface area contributed by atoms with Crippen LogP contribution in [0.25, 0.3) is 0 Å². The molecule has 0 aromatic carbocycles. The maximum absolute atomic E-state index is 11.0. The Balaban J connectivity index is 2.32. The Bertz CT molecular complexity index is 446. The molecule has 102 valence electrons. The zero-order valence-corrected chi connectivity index (χ0v) is 10.9. The lowest BCUT2D eigenvalue weighted by molar-refractivity contribution is 0.0536. The van der Waals surface area contributed by atoms with Gasteiger partial charge >= 0.3 is 0 Å². The molecule has 0 saturated carbocycles. The highest BCUT2D eigenvalue weighted by atomic mass is 32.2. The van der Waals surface area contributed by atoms with Crippen LogP contribution in [0.1, 0.15) is 0 Å². The third-order valence-corrected chi connectivity index (χ3v) is 2.85. The molecule has 0 bridgehead atoms. The maximum atomic E-state index is 11.0. The number of ether oxygens (including phenoxy) is 3. The normalized spacial score (nSPS) is 11.4. The molecule has 18 heavy (non-hydrogen) atoms. The zero-order valence-electron chi connectivity index (χ0n) is 10.0. The van der Waals surface area contributed by atoms with E-state index in [4.69, 9.17) is 19.3 Å². The number of sulfonamides is 1. The number of rotatable bonds is 8. The van der Waals surface area contributed by atoms with Crippen LogP contribution < -0.4 is 9.88 Å². The lowest BCUT2D eigenvalue weighted by Crippen LogP contribution is -2.13. The lowest BCUT2D eigenvalue weighted by Gasteiger charge is -2.06. The van der Waals surface area contributed by atoms with Gasteiger partial charge in [0.05, 0.1) is 26.0 Å². The average molecular weight is 276 g/mol. The standard InChI is InChI=1S/C10H16N2O5S/c1-15-4-5-16-6-7-17-10-3-2-9(8-12-10)18(11,13)14/h2-3,8H,4-7H2,1H3,(H2,11,13,14). The molecule has 8 heteroatoms. The number of nitrogens with zero attached hydrogens (tertiary/aromatic N) is 1. The van der Waals surface area contributed by atoms with E-state index < -0.39 is 10.0 Å². The van der Waals surface area contributed by atoms with Gasteiger partial charge in [-0.2, -0.15) is 0 Å². The van der Waals surface area contributed by atoms with Crippen molar-refractivity contribution in [2.24, 2.45) is 5.14 Å². The molecule has 0 saturated heterocycles. The topological polar surface area (TPSA) is 101 Å². The summed E-state index contributed by atoms with van der Waals surface area (Å²) in [5.41, 5.74) is 0. The molecule has 1 aromatic heterocycles. The second-order valence-corrected chi connectivity index (χ2v) is 4.89. The molecule has 0 aliphatic rings. The van der Waals surface area contributed by atoms with Gasteiger partial charge in [0.2, 0.25) is 15.9 Å². The highest BCUT2D eigenvalue weighted by Gasteiger charge is 2.07. The first-order chi connectivity index (χ1) is 8.54. The Morgan fingerprint density at radius 2 is 1.94 bits per heavy atom. The molecular formula is C10H16N2O5S. The molecule has 0 radical (unpaired) electrons. The molecule has 1 heterocycles. The van der Waals surface area contributed by atoms with Gasteiger partial charge in [-0.05, 0) is 6.07 Å². The SMILES string of the molecule is COCCOCCOc1ccc(S(N)(=O)=O)cn1. The molecule has 0 atom stereocenters. The zero-order chi connectivity index (χ0) is 13.4. The van der Waals surface area contributed by atoms with E-state index in [2.05, 4.69) is 4.98 Å². The number of aromatic nitrogens is 1. The molecule has 1 rings (SSSR count). The smallest absolute Gasteiger partial charge is 0.239 e. The van der Waals surface area contributed by atoms with Gasteiger partial charge in [0, 0.05) is 13.2 Å². The Morgan fingerprint density at radius 3 is 2.50 bits per heavy atom. The van der Waals surface area contributed by atoms with Gasteiger partial charge in [0.15, 0.2) is 0 Å².